The lowest BCUT2D eigenvalue weighted by Gasteiger charge is -2.27. The Morgan fingerprint density at radius 2 is 2.00 bits per heavy atom. The average Bonchev–Trinajstić information content (AvgIpc) is 2.23. The van der Waals surface area contributed by atoms with Crippen molar-refractivity contribution in [3.8, 4) is 0 Å². The van der Waals surface area contributed by atoms with Gasteiger partial charge in [-0.3, -0.25) is 9.78 Å². The predicted molar refractivity (Wildman–Crippen MR) is 67.3 cm³/mol. The van der Waals surface area contributed by atoms with Gasteiger partial charge in [0.15, 0.2) is 0 Å². The zero-order chi connectivity index (χ0) is 13.9. The van der Waals surface area contributed by atoms with Gasteiger partial charge in [-0.25, -0.2) is 4.79 Å². The van der Waals surface area contributed by atoms with Gasteiger partial charge in [0.1, 0.15) is 6.04 Å². The molecule has 0 radical (unpaired) electrons. The van der Waals surface area contributed by atoms with Gasteiger partial charge in [-0.15, -0.1) is 0 Å². The lowest BCUT2D eigenvalue weighted by atomic mass is 9.86. The van der Waals surface area contributed by atoms with Crippen molar-refractivity contribution in [2.45, 2.75) is 33.7 Å². The number of pyridine rings is 1. The minimum atomic E-state index is -1.04. The normalized spacial score (nSPS) is 12.9. The molecule has 18 heavy (non-hydrogen) atoms. The number of hydrogen-bond acceptors (Lipinski definition) is 3. The lowest BCUT2D eigenvalue weighted by molar-refractivity contribution is -0.142. The maximum absolute atomic E-state index is 12.0. The third-order valence-corrected chi connectivity index (χ3v) is 2.55. The van der Waals surface area contributed by atoms with Crippen LogP contribution in [0.1, 0.15) is 36.8 Å². The van der Waals surface area contributed by atoms with Gasteiger partial charge in [0, 0.05) is 17.5 Å². The zero-order valence-corrected chi connectivity index (χ0v) is 11.0. The van der Waals surface area contributed by atoms with Crippen molar-refractivity contribution in [2.24, 2.45) is 5.41 Å². The molecule has 1 unspecified atom stereocenters. The molecular formula is C13H18N2O3. The SMILES string of the molecule is Cc1cc(C(=O)NC(C(=O)O)C(C)(C)C)ccn1. The molecule has 2 N–H and O–H groups in total. The number of nitrogens with one attached hydrogen (secondary N) is 1. The van der Waals surface area contributed by atoms with Crippen LogP contribution in [0.5, 0.6) is 0 Å². The number of aryl methyl sites for hydroxylation is 1. The van der Waals surface area contributed by atoms with E-state index in [9.17, 15) is 9.59 Å². The first-order valence-corrected chi connectivity index (χ1v) is 5.68. The Morgan fingerprint density at radius 1 is 1.39 bits per heavy atom. The highest BCUT2D eigenvalue weighted by Gasteiger charge is 2.32. The number of carboxylic acid groups (broad SMARTS) is 1. The Bertz CT molecular complexity index is 464. The average molecular weight is 250 g/mol. The summed E-state index contributed by atoms with van der Waals surface area (Å²) in [5, 5.41) is 11.7. The standard InChI is InChI=1S/C13H18N2O3/c1-8-7-9(5-6-14-8)11(16)15-10(12(17)18)13(2,3)4/h5-7,10H,1-4H3,(H,15,16)(H,17,18). The van der Waals surface area contributed by atoms with Crippen molar-refractivity contribution in [1.82, 2.24) is 10.3 Å². The second-order valence-corrected chi connectivity index (χ2v) is 5.30. The molecule has 1 heterocycles. The number of amides is 1. The Hall–Kier alpha value is -1.91. The molecule has 0 saturated heterocycles. The van der Waals surface area contributed by atoms with E-state index in [1.165, 1.54) is 6.20 Å². The van der Waals surface area contributed by atoms with E-state index < -0.39 is 23.3 Å². The Balaban J connectivity index is 2.89. The molecule has 1 atom stereocenters. The number of hydrogen-bond donors (Lipinski definition) is 2. The number of rotatable bonds is 3. The lowest BCUT2D eigenvalue weighted by Crippen LogP contribution is -2.49. The second-order valence-electron chi connectivity index (χ2n) is 5.30. The molecule has 1 amide bonds. The van der Waals surface area contributed by atoms with Crippen molar-refractivity contribution in [3.05, 3.63) is 29.6 Å². The van der Waals surface area contributed by atoms with Gasteiger partial charge < -0.3 is 10.4 Å². The van der Waals surface area contributed by atoms with Gasteiger partial charge in [0.25, 0.3) is 5.91 Å². The van der Waals surface area contributed by atoms with Crippen molar-refractivity contribution in [3.63, 3.8) is 0 Å². The smallest absolute Gasteiger partial charge is 0.326 e. The molecule has 0 spiro atoms. The van der Waals surface area contributed by atoms with Crippen LogP contribution in [-0.4, -0.2) is 28.0 Å². The highest BCUT2D eigenvalue weighted by atomic mass is 16.4. The quantitative estimate of drug-likeness (QED) is 0.854. The number of carboxylic acids is 1. The van der Waals surface area contributed by atoms with Crippen LogP contribution in [0.2, 0.25) is 0 Å². The van der Waals surface area contributed by atoms with E-state index in [0.717, 1.165) is 0 Å². The molecule has 1 aromatic rings. The summed E-state index contributed by atoms with van der Waals surface area (Å²) in [5.41, 5.74) is 0.576. The zero-order valence-electron chi connectivity index (χ0n) is 11.0. The first-order chi connectivity index (χ1) is 8.21. The fraction of sp³-hybridized carbons (Fsp3) is 0.462. The van der Waals surface area contributed by atoms with E-state index in [-0.39, 0.29) is 0 Å². The molecule has 0 saturated carbocycles. The molecule has 1 aromatic heterocycles. The van der Waals surface area contributed by atoms with Crippen LogP contribution in [0, 0.1) is 12.3 Å². The van der Waals surface area contributed by atoms with Crippen LogP contribution < -0.4 is 5.32 Å². The van der Waals surface area contributed by atoms with Crippen LogP contribution in [0.4, 0.5) is 0 Å². The Kier molecular flexibility index (Phi) is 4.06. The Morgan fingerprint density at radius 3 is 2.44 bits per heavy atom. The molecule has 98 valence electrons. The summed E-state index contributed by atoms with van der Waals surface area (Å²) in [6, 6.07) is 2.25. The van der Waals surface area contributed by atoms with Crippen LogP contribution >= 0.6 is 0 Å². The third-order valence-electron chi connectivity index (χ3n) is 2.55. The van der Waals surface area contributed by atoms with E-state index in [2.05, 4.69) is 10.3 Å². The number of carbonyl (C=O) groups excluding carboxylic acids is 1. The fourth-order valence-corrected chi connectivity index (χ4v) is 1.55. The van der Waals surface area contributed by atoms with E-state index in [0.29, 0.717) is 11.3 Å². The van der Waals surface area contributed by atoms with Crippen molar-refractivity contribution in [1.29, 1.82) is 0 Å². The molecular weight excluding hydrogens is 232 g/mol. The van der Waals surface area contributed by atoms with Crippen LogP contribution in [0.25, 0.3) is 0 Å². The van der Waals surface area contributed by atoms with Gasteiger partial charge in [-0.1, -0.05) is 20.8 Å². The molecule has 5 heteroatoms. The number of nitrogens with zero attached hydrogens (tertiary/aromatic N) is 1. The van der Waals surface area contributed by atoms with Gasteiger partial charge in [-0.2, -0.15) is 0 Å². The van der Waals surface area contributed by atoms with E-state index >= 15 is 0 Å². The summed E-state index contributed by atoms with van der Waals surface area (Å²) in [7, 11) is 0. The molecule has 0 bridgehead atoms. The van der Waals surface area contributed by atoms with Crippen molar-refractivity contribution >= 4 is 11.9 Å². The summed E-state index contributed by atoms with van der Waals surface area (Å²) in [6.45, 7) is 7.08. The highest BCUT2D eigenvalue weighted by Crippen LogP contribution is 2.19. The Labute approximate surface area is 106 Å². The van der Waals surface area contributed by atoms with E-state index in [1.807, 2.05) is 0 Å². The maximum Gasteiger partial charge on any atom is 0.326 e. The summed E-state index contributed by atoms with van der Waals surface area (Å²) in [5.74, 6) is -1.44. The minimum Gasteiger partial charge on any atom is -0.480 e. The molecule has 0 aliphatic heterocycles. The van der Waals surface area contributed by atoms with Gasteiger partial charge in [0.2, 0.25) is 0 Å². The van der Waals surface area contributed by atoms with Gasteiger partial charge >= 0.3 is 5.97 Å². The minimum absolute atomic E-state index is 0.400. The summed E-state index contributed by atoms with van der Waals surface area (Å²) in [6.07, 6.45) is 1.52. The molecule has 0 fully saturated rings. The van der Waals surface area contributed by atoms with Gasteiger partial charge in [0.05, 0.1) is 0 Å². The summed E-state index contributed by atoms with van der Waals surface area (Å²) >= 11 is 0. The number of carbonyl (C=O) groups is 2. The van der Waals surface area contributed by atoms with Crippen LogP contribution in [-0.2, 0) is 4.79 Å². The molecule has 0 aliphatic rings. The monoisotopic (exact) mass is 250 g/mol. The molecule has 0 aromatic carbocycles. The van der Waals surface area contributed by atoms with Crippen LogP contribution in [0.15, 0.2) is 18.3 Å². The summed E-state index contributed by atoms with van der Waals surface area (Å²) < 4.78 is 0. The van der Waals surface area contributed by atoms with Crippen molar-refractivity contribution in [2.75, 3.05) is 0 Å². The topological polar surface area (TPSA) is 79.3 Å². The second kappa shape index (κ2) is 5.16. The molecule has 1 rings (SSSR count). The maximum atomic E-state index is 12.0. The summed E-state index contributed by atoms with van der Waals surface area (Å²) in [4.78, 5) is 27.1. The van der Waals surface area contributed by atoms with E-state index in [4.69, 9.17) is 5.11 Å². The predicted octanol–water partition coefficient (Wildman–Crippen LogP) is 1.62. The highest BCUT2D eigenvalue weighted by molar-refractivity contribution is 5.96. The van der Waals surface area contributed by atoms with Crippen molar-refractivity contribution < 1.29 is 14.7 Å². The molecule has 0 aliphatic carbocycles. The molecule has 5 nitrogen and oxygen atoms in total. The number of aromatic nitrogens is 1. The fourth-order valence-electron chi connectivity index (χ4n) is 1.55. The third kappa shape index (κ3) is 3.55. The van der Waals surface area contributed by atoms with Crippen LogP contribution in [0.3, 0.4) is 0 Å². The van der Waals surface area contributed by atoms with E-state index in [1.54, 1.807) is 39.8 Å². The van der Waals surface area contributed by atoms with Gasteiger partial charge in [-0.05, 0) is 24.5 Å². The largest absolute Gasteiger partial charge is 0.480 e. The number of aliphatic carboxylic acids is 1. The first-order valence-electron chi connectivity index (χ1n) is 5.68. The first kappa shape index (κ1) is 14.2.